The molecule has 1 aromatic carbocycles. The van der Waals surface area contributed by atoms with Crippen molar-refractivity contribution in [2.75, 3.05) is 0 Å². The molecule has 0 unspecified atom stereocenters. The van der Waals surface area contributed by atoms with Crippen molar-refractivity contribution in [3.05, 3.63) is 76.8 Å². The van der Waals surface area contributed by atoms with Gasteiger partial charge in [0.05, 0.1) is 23.3 Å². The van der Waals surface area contributed by atoms with Crippen LogP contribution in [-0.2, 0) is 11.3 Å². The number of imidazole rings is 1. The fourth-order valence-corrected chi connectivity index (χ4v) is 3.74. The number of hydrogen-bond acceptors (Lipinski definition) is 4. The van der Waals surface area contributed by atoms with E-state index in [1.165, 1.54) is 4.88 Å². The molecule has 4 aromatic rings. The lowest BCUT2D eigenvalue weighted by molar-refractivity contribution is -0.116. The van der Waals surface area contributed by atoms with Crippen LogP contribution in [0, 0.1) is 13.8 Å². The Morgan fingerprint density at radius 1 is 1.22 bits per heavy atom. The number of benzene rings is 1. The molecule has 0 saturated heterocycles. The molecule has 7 heteroatoms. The van der Waals surface area contributed by atoms with Gasteiger partial charge in [-0.2, -0.15) is 5.10 Å². The minimum Gasteiger partial charge on any atom is -0.348 e. The predicted octanol–water partition coefficient (Wildman–Crippen LogP) is 3.53. The van der Waals surface area contributed by atoms with Gasteiger partial charge in [-0.1, -0.05) is 18.2 Å². The first-order valence-corrected chi connectivity index (χ1v) is 9.42. The molecule has 1 N–H and O–H groups in total. The van der Waals surface area contributed by atoms with Crippen LogP contribution < -0.4 is 5.32 Å². The van der Waals surface area contributed by atoms with E-state index in [0.29, 0.717) is 6.54 Å². The number of fused-ring (bicyclic) bond motifs is 1. The molecule has 3 heterocycles. The number of para-hydroxylation sites is 1. The molecule has 0 aliphatic rings. The molecule has 3 aromatic heterocycles. The van der Waals surface area contributed by atoms with Gasteiger partial charge in [0.1, 0.15) is 0 Å². The summed E-state index contributed by atoms with van der Waals surface area (Å²) in [4.78, 5) is 18.8. The molecule has 4 rings (SSSR count). The average molecular weight is 377 g/mol. The van der Waals surface area contributed by atoms with E-state index in [9.17, 15) is 4.79 Å². The van der Waals surface area contributed by atoms with Gasteiger partial charge in [0.15, 0.2) is 4.96 Å². The second-order valence-corrected chi connectivity index (χ2v) is 7.47. The highest BCUT2D eigenvalue weighted by Crippen LogP contribution is 2.21. The Labute approximate surface area is 160 Å². The molecule has 0 saturated carbocycles. The van der Waals surface area contributed by atoms with Gasteiger partial charge in [-0.25, -0.2) is 9.67 Å². The lowest BCUT2D eigenvalue weighted by Crippen LogP contribution is -2.19. The summed E-state index contributed by atoms with van der Waals surface area (Å²) >= 11 is 1.64. The Bertz CT molecular complexity index is 1120. The van der Waals surface area contributed by atoms with Crippen LogP contribution in [0.1, 0.15) is 21.8 Å². The lowest BCUT2D eigenvalue weighted by atomic mass is 10.3. The second-order valence-electron chi connectivity index (χ2n) is 6.26. The van der Waals surface area contributed by atoms with Crippen molar-refractivity contribution in [2.45, 2.75) is 20.4 Å². The first kappa shape index (κ1) is 17.2. The van der Waals surface area contributed by atoms with Crippen molar-refractivity contribution in [3.8, 4) is 5.69 Å². The molecule has 136 valence electrons. The van der Waals surface area contributed by atoms with Gasteiger partial charge in [-0.05, 0) is 32.1 Å². The fraction of sp³-hybridized carbons (Fsp3) is 0.150. The van der Waals surface area contributed by atoms with E-state index in [4.69, 9.17) is 0 Å². The summed E-state index contributed by atoms with van der Waals surface area (Å²) in [5, 5.41) is 7.23. The molecular formula is C20H19N5OS. The standard InChI is InChI=1S/C20H19N5OS/c1-14-12-24-18(15(2)23-20(24)27-14)8-9-19(26)21-10-16-11-22-25(13-16)17-6-4-3-5-7-17/h3-9,11-13H,10H2,1-2H3,(H,21,26)/b9-8+. The Morgan fingerprint density at radius 3 is 2.85 bits per heavy atom. The van der Waals surface area contributed by atoms with Crippen LogP contribution in [0.2, 0.25) is 0 Å². The third-order valence-corrected chi connectivity index (χ3v) is 5.08. The number of hydrogen-bond donors (Lipinski definition) is 1. The highest BCUT2D eigenvalue weighted by atomic mass is 32.1. The molecule has 27 heavy (non-hydrogen) atoms. The largest absolute Gasteiger partial charge is 0.348 e. The Hall–Kier alpha value is -3.19. The fourth-order valence-electron chi connectivity index (χ4n) is 2.86. The van der Waals surface area contributed by atoms with Crippen molar-refractivity contribution >= 4 is 28.3 Å². The number of aryl methyl sites for hydroxylation is 2. The van der Waals surface area contributed by atoms with E-state index in [-0.39, 0.29) is 5.91 Å². The van der Waals surface area contributed by atoms with Gasteiger partial charge in [-0.15, -0.1) is 11.3 Å². The van der Waals surface area contributed by atoms with E-state index in [2.05, 4.69) is 15.4 Å². The van der Waals surface area contributed by atoms with Crippen LogP contribution in [0.5, 0.6) is 0 Å². The predicted molar refractivity (Wildman–Crippen MR) is 107 cm³/mol. The second kappa shape index (κ2) is 7.20. The first-order valence-electron chi connectivity index (χ1n) is 8.60. The van der Waals surface area contributed by atoms with Crippen molar-refractivity contribution in [3.63, 3.8) is 0 Å². The number of thiazole rings is 1. The zero-order valence-corrected chi connectivity index (χ0v) is 15.9. The van der Waals surface area contributed by atoms with E-state index >= 15 is 0 Å². The molecule has 0 aliphatic heterocycles. The number of rotatable bonds is 5. The van der Waals surface area contributed by atoms with Crippen LogP contribution in [0.15, 0.2) is 55.0 Å². The molecular weight excluding hydrogens is 358 g/mol. The number of amides is 1. The minimum atomic E-state index is -0.149. The molecule has 0 fully saturated rings. The van der Waals surface area contributed by atoms with Crippen LogP contribution in [0.3, 0.4) is 0 Å². The molecule has 0 atom stereocenters. The summed E-state index contributed by atoms with van der Waals surface area (Å²) in [5.74, 6) is -0.149. The minimum absolute atomic E-state index is 0.149. The van der Waals surface area contributed by atoms with Gasteiger partial charge in [0.25, 0.3) is 0 Å². The molecule has 1 amide bonds. The normalized spacial score (nSPS) is 11.5. The molecule has 6 nitrogen and oxygen atoms in total. The van der Waals surface area contributed by atoms with Gasteiger partial charge in [-0.3, -0.25) is 9.20 Å². The Balaban J connectivity index is 1.40. The number of nitrogens with one attached hydrogen (secondary N) is 1. The van der Waals surface area contributed by atoms with Gasteiger partial charge in [0, 0.05) is 35.5 Å². The van der Waals surface area contributed by atoms with Gasteiger partial charge < -0.3 is 5.32 Å². The third-order valence-electron chi connectivity index (χ3n) is 4.18. The quantitative estimate of drug-likeness (QED) is 0.541. The number of carbonyl (C=O) groups excluding carboxylic acids is 1. The lowest BCUT2D eigenvalue weighted by Gasteiger charge is -2.00. The van der Waals surface area contributed by atoms with Crippen LogP contribution in [0.25, 0.3) is 16.7 Å². The van der Waals surface area contributed by atoms with Gasteiger partial charge in [0.2, 0.25) is 5.91 Å². The SMILES string of the molecule is Cc1cn2c(/C=C/C(=O)NCc3cnn(-c4ccccc4)c3)c(C)nc2s1. The Kier molecular flexibility index (Phi) is 4.60. The van der Waals surface area contributed by atoms with E-state index in [0.717, 1.165) is 27.6 Å². The zero-order chi connectivity index (χ0) is 18.8. The van der Waals surface area contributed by atoms with Crippen molar-refractivity contribution in [1.82, 2.24) is 24.5 Å². The van der Waals surface area contributed by atoms with Crippen molar-refractivity contribution in [2.24, 2.45) is 0 Å². The van der Waals surface area contributed by atoms with Crippen molar-refractivity contribution in [1.29, 1.82) is 0 Å². The summed E-state index contributed by atoms with van der Waals surface area (Å²) in [6.45, 7) is 4.42. The molecule has 0 bridgehead atoms. The van der Waals surface area contributed by atoms with E-state index < -0.39 is 0 Å². The maximum Gasteiger partial charge on any atom is 0.244 e. The zero-order valence-electron chi connectivity index (χ0n) is 15.1. The summed E-state index contributed by atoms with van der Waals surface area (Å²) in [5.41, 5.74) is 3.77. The van der Waals surface area contributed by atoms with Crippen LogP contribution in [0.4, 0.5) is 0 Å². The highest BCUT2D eigenvalue weighted by Gasteiger charge is 2.09. The molecule has 0 radical (unpaired) electrons. The molecule has 0 aliphatic carbocycles. The van der Waals surface area contributed by atoms with E-state index in [1.54, 1.807) is 28.3 Å². The number of carbonyl (C=O) groups is 1. The highest BCUT2D eigenvalue weighted by molar-refractivity contribution is 7.17. The Morgan fingerprint density at radius 2 is 2.04 bits per heavy atom. The third kappa shape index (κ3) is 3.68. The average Bonchev–Trinajstić information content (AvgIpc) is 3.34. The summed E-state index contributed by atoms with van der Waals surface area (Å²) in [6.07, 6.45) is 9.07. The number of aromatic nitrogens is 4. The number of nitrogens with zero attached hydrogens (tertiary/aromatic N) is 4. The molecule has 0 spiro atoms. The first-order chi connectivity index (χ1) is 13.1. The maximum atomic E-state index is 12.2. The summed E-state index contributed by atoms with van der Waals surface area (Å²) in [7, 11) is 0. The van der Waals surface area contributed by atoms with Crippen LogP contribution in [-0.4, -0.2) is 25.1 Å². The summed E-state index contributed by atoms with van der Waals surface area (Å²) < 4.78 is 3.81. The van der Waals surface area contributed by atoms with Crippen molar-refractivity contribution < 1.29 is 4.79 Å². The monoisotopic (exact) mass is 377 g/mol. The summed E-state index contributed by atoms with van der Waals surface area (Å²) in [6, 6.07) is 9.87. The smallest absolute Gasteiger partial charge is 0.244 e. The maximum absolute atomic E-state index is 12.2. The van der Waals surface area contributed by atoms with Crippen LogP contribution >= 0.6 is 11.3 Å². The topological polar surface area (TPSA) is 64.2 Å². The van der Waals surface area contributed by atoms with Gasteiger partial charge >= 0.3 is 0 Å². The van der Waals surface area contributed by atoms with E-state index in [1.807, 2.05) is 67.0 Å².